The van der Waals surface area contributed by atoms with E-state index in [1.165, 1.54) is 18.7 Å². The molecule has 0 aliphatic rings. The van der Waals surface area contributed by atoms with Crippen molar-refractivity contribution in [3.05, 3.63) is 24.3 Å². The van der Waals surface area contributed by atoms with Gasteiger partial charge in [-0.1, -0.05) is 0 Å². The number of rotatable bonds is 1. The monoisotopic (exact) mass is 144 g/mol. The maximum atomic E-state index is 9.93. The van der Waals surface area contributed by atoms with Crippen molar-refractivity contribution in [2.24, 2.45) is 0 Å². The van der Waals surface area contributed by atoms with Crippen molar-refractivity contribution in [1.82, 2.24) is 9.97 Å². The molecule has 0 bridgehead atoms. The Hall–Kier alpha value is -0.960. The van der Waals surface area contributed by atoms with Crippen molar-refractivity contribution < 1.29 is 4.79 Å². The van der Waals surface area contributed by atoms with E-state index in [4.69, 9.17) is 0 Å². The topological polar surface area (TPSA) is 42.9 Å². The molecule has 1 rings (SSSR count). The molecule has 0 amide bonds. The van der Waals surface area contributed by atoms with Gasteiger partial charge in [-0.2, -0.15) is 0 Å². The maximum absolute atomic E-state index is 9.93. The molecule has 0 aliphatic heterocycles. The first-order valence-electron chi connectivity index (χ1n) is 2.13. The van der Waals surface area contributed by atoms with Crippen LogP contribution in [0.15, 0.2) is 18.7 Å². The number of carbonyl (C=O) groups excluding carboxylic acids is 1. The molecule has 0 N–H and O–H groups in total. The highest BCUT2D eigenvalue weighted by atomic mass is 35.5. The third-order valence-electron chi connectivity index (χ3n) is 0.717. The summed E-state index contributed by atoms with van der Waals surface area (Å²) in [5, 5.41) is 0. The lowest BCUT2D eigenvalue weighted by molar-refractivity contribution is 0.112. The molecule has 9 heavy (non-hydrogen) atoms. The van der Waals surface area contributed by atoms with Crippen molar-refractivity contribution in [3.8, 4) is 0 Å². The standard InChI is InChI=1S/C5H4N2O.ClH/c8-3-5-1-6-4-7-2-5;/h1-4H;1H. The second-order valence-electron chi connectivity index (χ2n) is 1.29. The molecule has 0 atom stereocenters. The van der Waals surface area contributed by atoms with Gasteiger partial charge in [0.25, 0.3) is 0 Å². The summed E-state index contributed by atoms with van der Waals surface area (Å²) in [6, 6.07) is 0. The highest BCUT2D eigenvalue weighted by Gasteiger charge is 1.82. The molecule has 3 nitrogen and oxygen atoms in total. The van der Waals surface area contributed by atoms with Crippen LogP contribution in [0.3, 0.4) is 0 Å². The van der Waals surface area contributed by atoms with E-state index >= 15 is 0 Å². The van der Waals surface area contributed by atoms with E-state index in [9.17, 15) is 4.79 Å². The first kappa shape index (κ1) is 8.04. The molecule has 0 spiro atoms. The van der Waals surface area contributed by atoms with E-state index < -0.39 is 0 Å². The van der Waals surface area contributed by atoms with Gasteiger partial charge in [-0.05, 0) is 0 Å². The van der Waals surface area contributed by atoms with Gasteiger partial charge in [0.2, 0.25) is 0 Å². The van der Waals surface area contributed by atoms with Crippen LogP contribution in [-0.2, 0) is 0 Å². The molecule has 0 radical (unpaired) electrons. The van der Waals surface area contributed by atoms with Crippen LogP contribution in [0.25, 0.3) is 0 Å². The summed E-state index contributed by atoms with van der Waals surface area (Å²) in [6.07, 6.45) is 5.01. The Morgan fingerprint density at radius 1 is 1.33 bits per heavy atom. The highest BCUT2D eigenvalue weighted by molar-refractivity contribution is 5.85. The minimum Gasteiger partial charge on any atom is -0.298 e. The lowest BCUT2D eigenvalue weighted by Crippen LogP contribution is -1.81. The van der Waals surface area contributed by atoms with Gasteiger partial charge < -0.3 is 0 Å². The van der Waals surface area contributed by atoms with Gasteiger partial charge >= 0.3 is 0 Å². The van der Waals surface area contributed by atoms with Crippen molar-refractivity contribution in [2.75, 3.05) is 0 Å². The summed E-state index contributed by atoms with van der Waals surface area (Å²) in [7, 11) is 0. The lowest BCUT2D eigenvalue weighted by Gasteiger charge is -1.80. The largest absolute Gasteiger partial charge is 0.298 e. The van der Waals surface area contributed by atoms with E-state index in [0.29, 0.717) is 11.8 Å². The average molecular weight is 145 g/mol. The molecule has 0 saturated carbocycles. The smallest absolute Gasteiger partial charge is 0.153 e. The first-order chi connectivity index (χ1) is 3.93. The van der Waals surface area contributed by atoms with Crippen molar-refractivity contribution in [1.29, 1.82) is 0 Å². The van der Waals surface area contributed by atoms with Gasteiger partial charge in [0.15, 0.2) is 6.29 Å². The number of halogens is 1. The van der Waals surface area contributed by atoms with Crippen LogP contribution in [-0.4, -0.2) is 16.3 Å². The molecule has 48 valence electrons. The van der Waals surface area contributed by atoms with Crippen LogP contribution in [0.1, 0.15) is 10.4 Å². The second kappa shape index (κ2) is 3.97. The lowest BCUT2D eigenvalue weighted by atomic mass is 10.4. The van der Waals surface area contributed by atoms with Crippen LogP contribution in [0.2, 0.25) is 0 Å². The predicted molar refractivity (Wildman–Crippen MR) is 34.7 cm³/mol. The zero-order valence-corrected chi connectivity index (χ0v) is 5.34. The maximum Gasteiger partial charge on any atom is 0.153 e. The predicted octanol–water partition coefficient (Wildman–Crippen LogP) is 0.711. The van der Waals surface area contributed by atoms with Crippen LogP contribution in [0.4, 0.5) is 0 Å². The molecule has 0 aliphatic carbocycles. The molecular weight excluding hydrogens is 140 g/mol. The molecule has 1 aromatic heterocycles. The average Bonchev–Trinajstić information content (AvgIpc) is 1.90. The van der Waals surface area contributed by atoms with Crippen molar-refractivity contribution in [3.63, 3.8) is 0 Å². The van der Waals surface area contributed by atoms with E-state index in [1.54, 1.807) is 0 Å². The molecule has 4 heteroatoms. The summed E-state index contributed by atoms with van der Waals surface area (Å²) in [5.74, 6) is 0. The molecule has 1 aromatic rings. The number of nitrogens with zero attached hydrogens (tertiary/aromatic N) is 2. The van der Waals surface area contributed by atoms with Crippen LogP contribution >= 0.6 is 12.4 Å². The Morgan fingerprint density at radius 3 is 2.22 bits per heavy atom. The first-order valence-corrected chi connectivity index (χ1v) is 2.13. The van der Waals surface area contributed by atoms with Crippen LogP contribution in [0, 0.1) is 0 Å². The quantitative estimate of drug-likeness (QED) is 0.546. The Bertz CT molecular complexity index is 178. The summed E-state index contributed by atoms with van der Waals surface area (Å²) in [5.41, 5.74) is 0.507. The molecule has 0 unspecified atom stereocenters. The third-order valence-corrected chi connectivity index (χ3v) is 0.717. The normalized spacial score (nSPS) is 7.56. The summed E-state index contributed by atoms with van der Waals surface area (Å²) in [4.78, 5) is 17.2. The van der Waals surface area contributed by atoms with Gasteiger partial charge in [0.1, 0.15) is 6.33 Å². The van der Waals surface area contributed by atoms with Gasteiger partial charge in [-0.25, -0.2) is 9.97 Å². The number of hydrogen-bond donors (Lipinski definition) is 0. The van der Waals surface area contributed by atoms with Crippen molar-refractivity contribution >= 4 is 18.7 Å². The fraction of sp³-hybridized carbons (Fsp3) is 0. The Balaban J connectivity index is 0.000000640. The number of hydrogen-bond acceptors (Lipinski definition) is 3. The zero-order valence-electron chi connectivity index (χ0n) is 4.52. The van der Waals surface area contributed by atoms with Gasteiger partial charge in [0, 0.05) is 12.4 Å². The number of aromatic nitrogens is 2. The van der Waals surface area contributed by atoms with Crippen LogP contribution in [0.5, 0.6) is 0 Å². The van der Waals surface area contributed by atoms with E-state index in [0.717, 1.165) is 0 Å². The molecular formula is C5H5ClN2O. The summed E-state index contributed by atoms with van der Waals surface area (Å²) < 4.78 is 0. The van der Waals surface area contributed by atoms with Crippen molar-refractivity contribution in [2.45, 2.75) is 0 Å². The molecule has 1 heterocycles. The zero-order chi connectivity index (χ0) is 5.82. The Kier molecular flexibility index (Phi) is 3.55. The number of aldehydes is 1. The van der Waals surface area contributed by atoms with Crippen LogP contribution < -0.4 is 0 Å². The fourth-order valence-electron chi connectivity index (χ4n) is 0.371. The van der Waals surface area contributed by atoms with Gasteiger partial charge in [-0.15, -0.1) is 12.4 Å². The van der Waals surface area contributed by atoms with Gasteiger partial charge in [0.05, 0.1) is 5.56 Å². The Morgan fingerprint density at radius 2 is 1.89 bits per heavy atom. The fourth-order valence-corrected chi connectivity index (χ4v) is 0.371. The minimum absolute atomic E-state index is 0. The highest BCUT2D eigenvalue weighted by Crippen LogP contribution is 1.83. The van der Waals surface area contributed by atoms with E-state index in [1.807, 2.05) is 0 Å². The summed E-state index contributed by atoms with van der Waals surface area (Å²) in [6.45, 7) is 0. The summed E-state index contributed by atoms with van der Waals surface area (Å²) >= 11 is 0. The molecule has 0 saturated heterocycles. The number of carbonyl (C=O) groups is 1. The van der Waals surface area contributed by atoms with Gasteiger partial charge in [-0.3, -0.25) is 4.79 Å². The molecule has 0 aromatic carbocycles. The minimum atomic E-state index is 0. The van der Waals surface area contributed by atoms with E-state index in [-0.39, 0.29) is 12.4 Å². The third kappa shape index (κ3) is 2.19. The molecule has 0 fully saturated rings. The van der Waals surface area contributed by atoms with E-state index in [2.05, 4.69) is 9.97 Å². The Labute approximate surface area is 58.6 Å². The second-order valence-corrected chi connectivity index (χ2v) is 1.29. The SMILES string of the molecule is Cl.O=Cc1cncnc1.